The van der Waals surface area contributed by atoms with Gasteiger partial charge >= 0.3 is 0 Å². The Kier molecular flexibility index (Phi) is 6.31. The van der Waals surface area contributed by atoms with Crippen molar-refractivity contribution >= 4 is 23.9 Å². The molecule has 0 saturated heterocycles. The fourth-order valence-corrected chi connectivity index (χ4v) is 2.91. The molecule has 2 aromatic rings. The monoisotopic (exact) mass is 356 g/mol. The van der Waals surface area contributed by atoms with Crippen molar-refractivity contribution in [3.63, 3.8) is 0 Å². The molecule has 1 aromatic heterocycles. The van der Waals surface area contributed by atoms with E-state index < -0.39 is 0 Å². The van der Waals surface area contributed by atoms with Crippen LogP contribution in [0.25, 0.3) is 0 Å². The first-order valence-electron chi connectivity index (χ1n) is 8.11. The van der Waals surface area contributed by atoms with Gasteiger partial charge in [-0.15, -0.1) is 0 Å². The van der Waals surface area contributed by atoms with Crippen LogP contribution in [-0.4, -0.2) is 27.8 Å². The van der Waals surface area contributed by atoms with Crippen molar-refractivity contribution in [3.05, 3.63) is 52.8 Å². The molecule has 1 heterocycles. The maximum Gasteiger partial charge on any atom is 0.250 e. The number of amides is 1. The van der Waals surface area contributed by atoms with Gasteiger partial charge in [-0.3, -0.25) is 4.79 Å². The number of hydrazone groups is 1. The highest BCUT2D eigenvalue weighted by atomic mass is 32.2. The predicted molar refractivity (Wildman–Crippen MR) is 103 cm³/mol. The lowest BCUT2D eigenvalue weighted by molar-refractivity contribution is -0.118. The van der Waals surface area contributed by atoms with Gasteiger partial charge in [0.15, 0.2) is 5.16 Å². The number of hydrogen-bond acceptors (Lipinski definition) is 5. The number of carbonyl (C=O) groups is 1. The SMILES string of the molecule is Cc1cc(C)nc(SCC(=O)N/N=C/c2ccc(C(C)(C)C)cc2)n1. The summed E-state index contributed by atoms with van der Waals surface area (Å²) in [5.41, 5.74) is 6.65. The minimum atomic E-state index is -0.185. The van der Waals surface area contributed by atoms with Crippen LogP contribution in [0.4, 0.5) is 0 Å². The van der Waals surface area contributed by atoms with Crippen LogP contribution in [0.1, 0.15) is 43.3 Å². The molecule has 0 aliphatic rings. The van der Waals surface area contributed by atoms with Crippen LogP contribution < -0.4 is 5.43 Å². The van der Waals surface area contributed by atoms with E-state index in [0.717, 1.165) is 17.0 Å². The second-order valence-corrected chi connectivity index (χ2v) is 7.83. The molecule has 0 atom stereocenters. The highest BCUT2D eigenvalue weighted by Crippen LogP contribution is 2.21. The molecular formula is C19H24N4OS. The number of aromatic nitrogens is 2. The standard InChI is InChI=1S/C19H24N4OS/c1-13-10-14(2)22-18(21-13)25-12-17(24)23-20-11-15-6-8-16(9-7-15)19(3,4)5/h6-11H,12H2,1-5H3,(H,23,24)/b20-11+. The fraction of sp³-hybridized carbons (Fsp3) is 0.368. The van der Waals surface area contributed by atoms with Gasteiger partial charge in [0.05, 0.1) is 12.0 Å². The zero-order chi connectivity index (χ0) is 18.4. The minimum absolute atomic E-state index is 0.122. The van der Waals surface area contributed by atoms with Gasteiger partial charge in [0, 0.05) is 11.4 Å². The van der Waals surface area contributed by atoms with E-state index in [1.165, 1.54) is 17.3 Å². The molecule has 25 heavy (non-hydrogen) atoms. The minimum Gasteiger partial charge on any atom is -0.272 e. The number of nitrogens with one attached hydrogen (secondary N) is 1. The molecule has 0 spiro atoms. The van der Waals surface area contributed by atoms with Gasteiger partial charge in [0.1, 0.15) is 0 Å². The van der Waals surface area contributed by atoms with Crippen LogP contribution in [0.2, 0.25) is 0 Å². The summed E-state index contributed by atoms with van der Waals surface area (Å²) in [5.74, 6) is 0.0405. The van der Waals surface area contributed by atoms with Crippen molar-refractivity contribution in [3.8, 4) is 0 Å². The molecule has 1 aromatic carbocycles. The molecule has 2 rings (SSSR count). The third kappa shape index (κ3) is 6.31. The second-order valence-electron chi connectivity index (χ2n) is 6.89. The van der Waals surface area contributed by atoms with Crippen molar-refractivity contribution in [2.45, 2.75) is 45.2 Å². The van der Waals surface area contributed by atoms with E-state index in [0.29, 0.717) is 5.16 Å². The Bertz CT molecular complexity index is 744. The van der Waals surface area contributed by atoms with Gasteiger partial charge in [-0.2, -0.15) is 5.10 Å². The number of benzene rings is 1. The third-order valence-electron chi connectivity index (χ3n) is 3.47. The van der Waals surface area contributed by atoms with E-state index in [2.05, 4.69) is 53.4 Å². The average Bonchev–Trinajstić information content (AvgIpc) is 2.52. The van der Waals surface area contributed by atoms with Crippen molar-refractivity contribution in [2.24, 2.45) is 5.10 Å². The number of aryl methyl sites for hydroxylation is 2. The average molecular weight is 356 g/mol. The highest BCUT2D eigenvalue weighted by molar-refractivity contribution is 7.99. The Morgan fingerprint density at radius 3 is 2.32 bits per heavy atom. The number of rotatable bonds is 5. The van der Waals surface area contributed by atoms with Crippen molar-refractivity contribution in [1.82, 2.24) is 15.4 Å². The summed E-state index contributed by atoms with van der Waals surface area (Å²) < 4.78 is 0. The van der Waals surface area contributed by atoms with Gasteiger partial charge < -0.3 is 0 Å². The first kappa shape index (κ1) is 19.1. The maximum absolute atomic E-state index is 11.9. The van der Waals surface area contributed by atoms with Crippen LogP contribution in [0, 0.1) is 13.8 Å². The molecule has 0 unspecified atom stereocenters. The van der Waals surface area contributed by atoms with Gasteiger partial charge in [-0.25, -0.2) is 15.4 Å². The van der Waals surface area contributed by atoms with Crippen molar-refractivity contribution in [1.29, 1.82) is 0 Å². The highest BCUT2D eigenvalue weighted by Gasteiger charge is 2.12. The van der Waals surface area contributed by atoms with E-state index in [4.69, 9.17) is 0 Å². The van der Waals surface area contributed by atoms with Crippen LogP contribution in [0.3, 0.4) is 0 Å². The molecule has 1 N–H and O–H groups in total. The summed E-state index contributed by atoms with van der Waals surface area (Å²) in [7, 11) is 0. The number of hydrogen-bond donors (Lipinski definition) is 1. The van der Waals surface area contributed by atoms with E-state index >= 15 is 0 Å². The van der Waals surface area contributed by atoms with Crippen LogP contribution >= 0.6 is 11.8 Å². The number of carbonyl (C=O) groups excluding carboxylic acids is 1. The van der Waals surface area contributed by atoms with Gasteiger partial charge in [0.2, 0.25) is 0 Å². The van der Waals surface area contributed by atoms with Gasteiger partial charge in [0.25, 0.3) is 5.91 Å². The zero-order valence-corrected chi connectivity index (χ0v) is 16.1. The molecule has 0 aliphatic carbocycles. The maximum atomic E-state index is 11.9. The van der Waals surface area contributed by atoms with E-state index in [-0.39, 0.29) is 17.1 Å². The molecule has 0 fully saturated rings. The van der Waals surface area contributed by atoms with Crippen LogP contribution in [-0.2, 0) is 10.2 Å². The van der Waals surface area contributed by atoms with Crippen molar-refractivity contribution < 1.29 is 4.79 Å². The Morgan fingerprint density at radius 2 is 1.76 bits per heavy atom. The fourth-order valence-electron chi connectivity index (χ4n) is 2.17. The largest absolute Gasteiger partial charge is 0.272 e. The summed E-state index contributed by atoms with van der Waals surface area (Å²) in [5, 5.41) is 4.61. The molecule has 6 heteroatoms. The van der Waals surface area contributed by atoms with E-state index in [1.807, 2.05) is 32.0 Å². The summed E-state index contributed by atoms with van der Waals surface area (Å²) in [6, 6.07) is 10.1. The normalized spacial score (nSPS) is 11.7. The summed E-state index contributed by atoms with van der Waals surface area (Å²) >= 11 is 1.30. The Balaban J connectivity index is 1.84. The molecule has 5 nitrogen and oxygen atoms in total. The second kappa shape index (κ2) is 8.25. The van der Waals surface area contributed by atoms with Crippen LogP contribution in [0.15, 0.2) is 40.6 Å². The van der Waals surface area contributed by atoms with Gasteiger partial charge in [-0.1, -0.05) is 56.8 Å². The topological polar surface area (TPSA) is 67.2 Å². The predicted octanol–water partition coefficient (Wildman–Crippen LogP) is 3.63. The van der Waals surface area contributed by atoms with Crippen LogP contribution in [0.5, 0.6) is 0 Å². The van der Waals surface area contributed by atoms with Crippen molar-refractivity contribution in [2.75, 3.05) is 5.75 Å². The summed E-state index contributed by atoms with van der Waals surface area (Å²) in [6.07, 6.45) is 1.64. The molecule has 0 bridgehead atoms. The lowest BCUT2D eigenvalue weighted by Crippen LogP contribution is -2.19. The lowest BCUT2D eigenvalue weighted by atomic mass is 9.87. The molecule has 0 radical (unpaired) electrons. The summed E-state index contributed by atoms with van der Waals surface area (Å²) in [6.45, 7) is 10.3. The smallest absolute Gasteiger partial charge is 0.250 e. The first-order valence-corrected chi connectivity index (χ1v) is 9.10. The molecule has 0 aliphatic heterocycles. The number of thioether (sulfide) groups is 1. The Hall–Kier alpha value is -2.21. The first-order chi connectivity index (χ1) is 11.7. The molecular weight excluding hydrogens is 332 g/mol. The Labute approximate surface area is 153 Å². The number of nitrogens with zero attached hydrogens (tertiary/aromatic N) is 3. The molecule has 1 amide bonds. The third-order valence-corrected chi connectivity index (χ3v) is 4.32. The zero-order valence-electron chi connectivity index (χ0n) is 15.3. The lowest BCUT2D eigenvalue weighted by Gasteiger charge is -2.18. The van der Waals surface area contributed by atoms with Gasteiger partial charge in [-0.05, 0) is 36.5 Å². The molecule has 0 saturated carbocycles. The summed E-state index contributed by atoms with van der Waals surface area (Å²) in [4.78, 5) is 20.5. The molecule has 132 valence electrons. The van der Waals surface area contributed by atoms with E-state index in [9.17, 15) is 4.79 Å². The quantitative estimate of drug-likeness (QED) is 0.384. The van der Waals surface area contributed by atoms with E-state index in [1.54, 1.807) is 6.21 Å². The Morgan fingerprint density at radius 1 is 1.16 bits per heavy atom.